The average Bonchev–Trinajstić information content (AvgIpc) is 3.14. The predicted molar refractivity (Wildman–Crippen MR) is 92.2 cm³/mol. The number of nitrogens with zero attached hydrogens (tertiary/aromatic N) is 3. The van der Waals surface area contributed by atoms with Crippen molar-refractivity contribution >= 4 is 17.3 Å². The summed E-state index contributed by atoms with van der Waals surface area (Å²) in [5, 5.41) is 13.7. The van der Waals surface area contributed by atoms with Crippen molar-refractivity contribution in [3.8, 4) is 5.69 Å². The van der Waals surface area contributed by atoms with E-state index in [9.17, 15) is 14.9 Å². The molecule has 2 aromatic carbocycles. The summed E-state index contributed by atoms with van der Waals surface area (Å²) in [7, 11) is 0. The Morgan fingerprint density at radius 1 is 1.28 bits per heavy atom. The molecule has 3 rings (SSSR count). The molecule has 0 aliphatic rings. The lowest BCUT2D eigenvalue weighted by molar-refractivity contribution is -0.383. The molecule has 126 valence electrons. The molecular weight excluding hydrogens is 322 g/mol. The van der Waals surface area contributed by atoms with Crippen molar-refractivity contribution in [2.75, 3.05) is 5.73 Å². The second-order valence-corrected chi connectivity index (χ2v) is 5.31. The van der Waals surface area contributed by atoms with Gasteiger partial charge in [0.25, 0.3) is 11.6 Å². The number of nitrogen functional groups attached to an aromatic ring is 1. The molecule has 3 N–H and O–H groups in total. The van der Waals surface area contributed by atoms with Crippen LogP contribution >= 0.6 is 0 Å². The van der Waals surface area contributed by atoms with Gasteiger partial charge in [0, 0.05) is 30.6 Å². The number of hydrogen-bond donors (Lipinski definition) is 2. The van der Waals surface area contributed by atoms with Gasteiger partial charge >= 0.3 is 0 Å². The molecule has 8 heteroatoms. The smallest absolute Gasteiger partial charge is 0.292 e. The van der Waals surface area contributed by atoms with Gasteiger partial charge in [0.05, 0.1) is 16.9 Å². The normalized spacial score (nSPS) is 10.4. The quantitative estimate of drug-likeness (QED) is 0.421. The average molecular weight is 337 g/mol. The lowest BCUT2D eigenvalue weighted by atomic mass is 10.1. The number of nitrogens with two attached hydrogens (primary N) is 1. The SMILES string of the molecule is Nc1ccc(C(=O)NCc2ccccc2-n2ccnc2)cc1[N+](=O)[O-]. The van der Waals surface area contributed by atoms with E-state index in [1.807, 2.05) is 35.0 Å². The number of hydrogen-bond acceptors (Lipinski definition) is 5. The molecule has 1 heterocycles. The first-order chi connectivity index (χ1) is 12.1. The first kappa shape index (κ1) is 16.2. The Morgan fingerprint density at radius 2 is 2.08 bits per heavy atom. The third-order valence-corrected chi connectivity index (χ3v) is 3.70. The van der Waals surface area contributed by atoms with Crippen LogP contribution in [-0.2, 0) is 6.54 Å². The van der Waals surface area contributed by atoms with Crippen LogP contribution in [0.25, 0.3) is 5.69 Å². The maximum Gasteiger partial charge on any atom is 0.292 e. The maximum absolute atomic E-state index is 12.3. The third-order valence-electron chi connectivity index (χ3n) is 3.70. The first-order valence-electron chi connectivity index (χ1n) is 7.44. The van der Waals surface area contributed by atoms with Crippen molar-refractivity contribution in [3.63, 3.8) is 0 Å². The second-order valence-electron chi connectivity index (χ2n) is 5.31. The Hall–Kier alpha value is -3.68. The predicted octanol–water partition coefficient (Wildman–Crippen LogP) is 2.29. The van der Waals surface area contributed by atoms with Crippen LogP contribution in [0.15, 0.2) is 61.2 Å². The van der Waals surface area contributed by atoms with Crippen LogP contribution in [0.3, 0.4) is 0 Å². The zero-order chi connectivity index (χ0) is 17.8. The summed E-state index contributed by atoms with van der Waals surface area (Å²) < 4.78 is 1.84. The summed E-state index contributed by atoms with van der Waals surface area (Å²) in [5.74, 6) is -0.413. The van der Waals surface area contributed by atoms with Gasteiger partial charge in [-0.3, -0.25) is 14.9 Å². The molecule has 0 aliphatic carbocycles. The highest BCUT2D eigenvalue weighted by Crippen LogP contribution is 2.22. The van der Waals surface area contributed by atoms with Crippen LogP contribution < -0.4 is 11.1 Å². The van der Waals surface area contributed by atoms with E-state index in [4.69, 9.17) is 5.73 Å². The molecule has 1 aromatic heterocycles. The fraction of sp³-hybridized carbons (Fsp3) is 0.0588. The number of nitrogens with one attached hydrogen (secondary N) is 1. The molecule has 0 saturated heterocycles. The number of amides is 1. The summed E-state index contributed by atoms with van der Waals surface area (Å²) in [4.78, 5) is 26.7. The van der Waals surface area contributed by atoms with Gasteiger partial charge in [0.1, 0.15) is 5.69 Å². The van der Waals surface area contributed by atoms with Crippen molar-refractivity contribution in [3.05, 3.63) is 82.4 Å². The molecule has 0 bridgehead atoms. The van der Waals surface area contributed by atoms with Crippen molar-refractivity contribution in [1.82, 2.24) is 14.9 Å². The molecule has 1 amide bonds. The Balaban J connectivity index is 1.78. The molecule has 0 unspecified atom stereocenters. The lowest BCUT2D eigenvalue weighted by Crippen LogP contribution is -2.23. The Morgan fingerprint density at radius 3 is 2.80 bits per heavy atom. The van der Waals surface area contributed by atoms with E-state index in [2.05, 4.69) is 10.3 Å². The number of benzene rings is 2. The van der Waals surface area contributed by atoms with Crippen LogP contribution in [0.1, 0.15) is 15.9 Å². The van der Waals surface area contributed by atoms with E-state index in [-0.39, 0.29) is 23.5 Å². The summed E-state index contributed by atoms with van der Waals surface area (Å²) in [6.45, 7) is 0.269. The van der Waals surface area contributed by atoms with E-state index in [1.165, 1.54) is 18.2 Å². The highest BCUT2D eigenvalue weighted by Gasteiger charge is 2.16. The molecule has 0 aliphatic heterocycles. The standard InChI is InChI=1S/C17H15N5O3/c18-14-6-5-12(9-16(14)22(24)25)17(23)20-10-13-3-1-2-4-15(13)21-8-7-19-11-21/h1-9,11H,10,18H2,(H,20,23). The number of carbonyl (C=O) groups excluding carboxylic acids is 1. The Kier molecular flexibility index (Phi) is 4.42. The number of nitro benzene ring substituents is 1. The second kappa shape index (κ2) is 6.83. The van der Waals surface area contributed by atoms with E-state index in [0.29, 0.717) is 0 Å². The largest absolute Gasteiger partial charge is 0.393 e. The Labute approximate surface area is 143 Å². The van der Waals surface area contributed by atoms with Gasteiger partial charge in [-0.25, -0.2) is 4.98 Å². The molecule has 0 saturated carbocycles. The fourth-order valence-corrected chi connectivity index (χ4v) is 2.43. The van der Waals surface area contributed by atoms with Crippen molar-refractivity contribution in [2.45, 2.75) is 6.54 Å². The molecule has 0 atom stereocenters. The van der Waals surface area contributed by atoms with Crippen LogP contribution in [0.2, 0.25) is 0 Å². The molecule has 0 fully saturated rings. The molecule has 8 nitrogen and oxygen atoms in total. The molecule has 3 aromatic rings. The minimum atomic E-state index is -0.611. The maximum atomic E-state index is 12.3. The summed E-state index contributed by atoms with van der Waals surface area (Å²) in [6, 6.07) is 11.6. The molecule has 0 spiro atoms. The van der Waals surface area contributed by atoms with E-state index < -0.39 is 10.8 Å². The third kappa shape index (κ3) is 3.47. The molecular formula is C17H15N5O3. The van der Waals surface area contributed by atoms with Crippen molar-refractivity contribution in [2.24, 2.45) is 0 Å². The summed E-state index contributed by atoms with van der Waals surface area (Å²) >= 11 is 0. The monoisotopic (exact) mass is 337 g/mol. The van der Waals surface area contributed by atoms with Crippen LogP contribution in [0, 0.1) is 10.1 Å². The number of anilines is 1. The number of imidazole rings is 1. The number of carbonyl (C=O) groups is 1. The minimum absolute atomic E-state index is 0.0204. The van der Waals surface area contributed by atoms with Gasteiger partial charge in [-0.05, 0) is 23.8 Å². The van der Waals surface area contributed by atoms with Crippen LogP contribution in [-0.4, -0.2) is 20.4 Å². The van der Waals surface area contributed by atoms with E-state index >= 15 is 0 Å². The van der Waals surface area contributed by atoms with Crippen LogP contribution in [0.5, 0.6) is 0 Å². The summed E-state index contributed by atoms with van der Waals surface area (Å²) in [5.41, 5.74) is 7.24. The van der Waals surface area contributed by atoms with E-state index in [0.717, 1.165) is 11.3 Å². The number of aromatic nitrogens is 2. The number of para-hydroxylation sites is 1. The van der Waals surface area contributed by atoms with Crippen molar-refractivity contribution in [1.29, 1.82) is 0 Å². The zero-order valence-electron chi connectivity index (χ0n) is 13.1. The highest BCUT2D eigenvalue weighted by molar-refractivity contribution is 5.95. The van der Waals surface area contributed by atoms with E-state index in [1.54, 1.807) is 12.5 Å². The number of nitro groups is 1. The zero-order valence-corrected chi connectivity index (χ0v) is 13.1. The van der Waals surface area contributed by atoms with Crippen LogP contribution in [0.4, 0.5) is 11.4 Å². The lowest BCUT2D eigenvalue weighted by Gasteiger charge is -2.11. The first-order valence-corrected chi connectivity index (χ1v) is 7.44. The molecule has 0 radical (unpaired) electrons. The topological polar surface area (TPSA) is 116 Å². The van der Waals surface area contributed by atoms with Gasteiger partial charge in [-0.1, -0.05) is 18.2 Å². The van der Waals surface area contributed by atoms with Gasteiger partial charge in [-0.15, -0.1) is 0 Å². The van der Waals surface area contributed by atoms with Gasteiger partial charge in [0.2, 0.25) is 0 Å². The Bertz CT molecular complexity index is 922. The van der Waals surface area contributed by atoms with Crippen molar-refractivity contribution < 1.29 is 9.72 Å². The fourth-order valence-electron chi connectivity index (χ4n) is 2.43. The number of rotatable bonds is 5. The van der Waals surface area contributed by atoms with Gasteiger partial charge in [0.15, 0.2) is 0 Å². The van der Waals surface area contributed by atoms with Gasteiger partial charge < -0.3 is 15.6 Å². The highest BCUT2D eigenvalue weighted by atomic mass is 16.6. The van der Waals surface area contributed by atoms with Gasteiger partial charge in [-0.2, -0.15) is 0 Å². The summed E-state index contributed by atoms with van der Waals surface area (Å²) in [6.07, 6.45) is 5.15. The minimum Gasteiger partial charge on any atom is -0.393 e. The molecule has 25 heavy (non-hydrogen) atoms.